The quantitative estimate of drug-likeness (QED) is 0.737. The Hall–Kier alpha value is -0.290. The van der Waals surface area contributed by atoms with Gasteiger partial charge < -0.3 is 9.84 Å². The minimum absolute atomic E-state index is 0.0269. The second-order valence-corrected chi connectivity index (χ2v) is 4.76. The van der Waals surface area contributed by atoms with Crippen LogP contribution in [-0.4, -0.2) is 30.6 Å². The van der Waals surface area contributed by atoms with Gasteiger partial charge in [-0.15, -0.1) is 0 Å². The Balaban J connectivity index is 2.01. The molecule has 0 bridgehead atoms. The van der Waals surface area contributed by atoms with Gasteiger partial charge >= 0.3 is 6.18 Å². The largest absolute Gasteiger partial charge is 0.390 e. The van der Waals surface area contributed by atoms with Gasteiger partial charge in [0.1, 0.15) is 0 Å². The molecule has 1 aliphatic carbocycles. The van der Waals surface area contributed by atoms with Crippen LogP contribution in [0.3, 0.4) is 0 Å². The van der Waals surface area contributed by atoms with Gasteiger partial charge in [0.2, 0.25) is 0 Å². The molecule has 0 aromatic rings. The second-order valence-electron chi connectivity index (χ2n) is 4.76. The maximum absolute atomic E-state index is 11.8. The van der Waals surface area contributed by atoms with Crippen LogP contribution in [0.2, 0.25) is 0 Å². The molecular weight excluding hydrogens is 233 g/mol. The highest BCUT2D eigenvalue weighted by Gasteiger charge is 2.26. The van der Waals surface area contributed by atoms with Crippen molar-refractivity contribution in [1.82, 2.24) is 0 Å². The minimum Gasteiger partial charge on any atom is -0.390 e. The number of halogens is 3. The molecule has 0 heterocycles. The Labute approximate surface area is 100 Å². The molecule has 1 atom stereocenters. The van der Waals surface area contributed by atoms with E-state index in [2.05, 4.69) is 0 Å². The van der Waals surface area contributed by atoms with Crippen molar-refractivity contribution < 1.29 is 23.0 Å². The zero-order valence-electron chi connectivity index (χ0n) is 10.0. The summed E-state index contributed by atoms with van der Waals surface area (Å²) in [5.74, 6) is 0.270. The van der Waals surface area contributed by atoms with Gasteiger partial charge in [-0.2, -0.15) is 13.2 Å². The Morgan fingerprint density at radius 2 is 1.82 bits per heavy atom. The van der Waals surface area contributed by atoms with E-state index >= 15 is 0 Å². The summed E-state index contributed by atoms with van der Waals surface area (Å²) in [6.45, 7) is 0.242. The molecule has 1 unspecified atom stereocenters. The summed E-state index contributed by atoms with van der Waals surface area (Å²) in [7, 11) is 0. The molecule has 1 aliphatic rings. The Morgan fingerprint density at radius 3 is 2.41 bits per heavy atom. The van der Waals surface area contributed by atoms with Gasteiger partial charge in [-0.25, -0.2) is 0 Å². The lowest BCUT2D eigenvalue weighted by Gasteiger charge is -2.26. The van der Waals surface area contributed by atoms with Crippen LogP contribution in [-0.2, 0) is 4.74 Å². The molecule has 0 radical (unpaired) electrons. The average molecular weight is 254 g/mol. The highest BCUT2D eigenvalue weighted by Crippen LogP contribution is 2.26. The number of alkyl halides is 3. The fraction of sp³-hybridized carbons (Fsp3) is 1.00. The highest BCUT2D eigenvalue weighted by atomic mass is 19.4. The molecule has 0 spiro atoms. The van der Waals surface area contributed by atoms with E-state index in [1.54, 1.807) is 0 Å². The number of hydrogen-bond donors (Lipinski definition) is 1. The Morgan fingerprint density at radius 1 is 1.18 bits per heavy atom. The van der Waals surface area contributed by atoms with E-state index in [0.29, 0.717) is 0 Å². The lowest BCUT2D eigenvalue weighted by Crippen LogP contribution is -2.27. The fourth-order valence-corrected chi connectivity index (χ4v) is 2.23. The van der Waals surface area contributed by atoms with E-state index in [1.807, 2.05) is 0 Å². The van der Waals surface area contributed by atoms with Crippen LogP contribution < -0.4 is 0 Å². The second kappa shape index (κ2) is 7.21. The molecule has 0 aromatic heterocycles. The predicted molar refractivity (Wildman–Crippen MR) is 58.7 cm³/mol. The fourth-order valence-electron chi connectivity index (χ4n) is 2.23. The Bertz CT molecular complexity index is 200. The van der Waals surface area contributed by atoms with Crippen LogP contribution in [0.1, 0.15) is 44.9 Å². The molecule has 0 aromatic carbocycles. The van der Waals surface area contributed by atoms with Crippen molar-refractivity contribution in [2.24, 2.45) is 5.92 Å². The van der Waals surface area contributed by atoms with Gasteiger partial charge in [0.05, 0.1) is 12.7 Å². The van der Waals surface area contributed by atoms with E-state index in [0.717, 1.165) is 25.7 Å². The number of aliphatic hydroxyl groups is 1. The molecule has 1 rings (SSSR count). The number of hydrogen-bond acceptors (Lipinski definition) is 2. The molecule has 0 aliphatic heterocycles. The summed E-state index contributed by atoms with van der Waals surface area (Å²) >= 11 is 0. The van der Waals surface area contributed by atoms with Crippen molar-refractivity contribution in [2.75, 3.05) is 13.2 Å². The molecule has 17 heavy (non-hydrogen) atoms. The smallest absolute Gasteiger partial charge is 0.389 e. The van der Waals surface area contributed by atoms with Gasteiger partial charge in [0.25, 0.3) is 0 Å². The Kier molecular flexibility index (Phi) is 6.27. The average Bonchev–Trinajstić information content (AvgIpc) is 2.28. The topological polar surface area (TPSA) is 29.5 Å². The molecule has 102 valence electrons. The molecule has 0 saturated heterocycles. The first kappa shape index (κ1) is 14.8. The standard InChI is InChI=1S/C12H21F3O2/c13-12(14,15)7-4-8-17-9-11(16)10-5-2-1-3-6-10/h10-11,16H,1-9H2. The van der Waals surface area contributed by atoms with Crippen molar-refractivity contribution in [3.63, 3.8) is 0 Å². The normalized spacial score (nSPS) is 20.5. The van der Waals surface area contributed by atoms with Crippen molar-refractivity contribution in [2.45, 2.75) is 57.2 Å². The number of aliphatic hydroxyl groups excluding tert-OH is 1. The van der Waals surface area contributed by atoms with Crippen LogP contribution in [0, 0.1) is 5.92 Å². The van der Waals surface area contributed by atoms with E-state index in [-0.39, 0.29) is 25.6 Å². The van der Waals surface area contributed by atoms with Crippen molar-refractivity contribution >= 4 is 0 Å². The van der Waals surface area contributed by atoms with Crippen molar-refractivity contribution in [1.29, 1.82) is 0 Å². The molecule has 0 amide bonds. The first-order valence-electron chi connectivity index (χ1n) is 6.31. The molecule has 1 N–H and O–H groups in total. The molecule has 1 fully saturated rings. The highest BCUT2D eigenvalue weighted by molar-refractivity contribution is 4.72. The van der Waals surface area contributed by atoms with Crippen LogP contribution >= 0.6 is 0 Å². The van der Waals surface area contributed by atoms with Crippen LogP contribution in [0.25, 0.3) is 0 Å². The first-order chi connectivity index (χ1) is 7.99. The van der Waals surface area contributed by atoms with Gasteiger partial charge in [-0.1, -0.05) is 19.3 Å². The van der Waals surface area contributed by atoms with Crippen molar-refractivity contribution in [3.05, 3.63) is 0 Å². The van der Waals surface area contributed by atoms with E-state index in [9.17, 15) is 18.3 Å². The molecule has 1 saturated carbocycles. The lowest BCUT2D eigenvalue weighted by molar-refractivity contribution is -0.138. The maximum Gasteiger partial charge on any atom is 0.389 e. The maximum atomic E-state index is 11.8. The monoisotopic (exact) mass is 254 g/mol. The summed E-state index contributed by atoms with van der Waals surface area (Å²) in [6.07, 6.45) is 0.0429. The summed E-state index contributed by atoms with van der Waals surface area (Å²) in [4.78, 5) is 0. The van der Waals surface area contributed by atoms with Gasteiger partial charge in [0, 0.05) is 13.0 Å². The molecule has 5 heteroatoms. The van der Waals surface area contributed by atoms with E-state index < -0.39 is 18.7 Å². The van der Waals surface area contributed by atoms with Crippen LogP contribution in [0.4, 0.5) is 13.2 Å². The SMILES string of the molecule is OC(COCCCC(F)(F)F)C1CCCCC1. The van der Waals surface area contributed by atoms with E-state index in [1.165, 1.54) is 6.42 Å². The first-order valence-corrected chi connectivity index (χ1v) is 6.31. The van der Waals surface area contributed by atoms with E-state index in [4.69, 9.17) is 4.74 Å². The zero-order chi connectivity index (χ0) is 12.7. The predicted octanol–water partition coefficient (Wildman–Crippen LogP) is 3.29. The molecule has 2 nitrogen and oxygen atoms in total. The van der Waals surface area contributed by atoms with Gasteiger partial charge in [-0.3, -0.25) is 0 Å². The third kappa shape index (κ3) is 6.88. The summed E-state index contributed by atoms with van der Waals surface area (Å²) < 4.78 is 40.6. The summed E-state index contributed by atoms with van der Waals surface area (Å²) in [5.41, 5.74) is 0. The number of rotatable bonds is 6. The molecular formula is C12H21F3O2. The number of ether oxygens (including phenoxy) is 1. The minimum atomic E-state index is -4.11. The van der Waals surface area contributed by atoms with Gasteiger partial charge in [0.15, 0.2) is 0 Å². The van der Waals surface area contributed by atoms with Crippen molar-refractivity contribution in [3.8, 4) is 0 Å². The zero-order valence-corrected chi connectivity index (χ0v) is 10.0. The summed E-state index contributed by atoms with van der Waals surface area (Å²) in [5, 5.41) is 9.79. The van der Waals surface area contributed by atoms with Crippen LogP contribution in [0.15, 0.2) is 0 Å². The summed E-state index contributed by atoms with van der Waals surface area (Å²) in [6, 6.07) is 0. The van der Waals surface area contributed by atoms with Crippen LogP contribution in [0.5, 0.6) is 0 Å². The van der Waals surface area contributed by atoms with Gasteiger partial charge in [-0.05, 0) is 25.2 Å². The lowest BCUT2D eigenvalue weighted by atomic mass is 9.85. The third-order valence-corrected chi connectivity index (χ3v) is 3.23. The third-order valence-electron chi connectivity index (χ3n) is 3.23.